The molecule has 43 heavy (non-hydrogen) atoms. The number of thiazole rings is 1. The first-order valence-corrected chi connectivity index (χ1v) is 15.9. The predicted molar refractivity (Wildman–Crippen MR) is 186 cm³/mol. The van der Waals surface area contributed by atoms with Crippen molar-refractivity contribution in [3.8, 4) is 17.0 Å². The van der Waals surface area contributed by atoms with Gasteiger partial charge in [-0.15, -0.1) is 11.3 Å². The van der Waals surface area contributed by atoms with Gasteiger partial charge in [0.1, 0.15) is 12.4 Å². The van der Waals surface area contributed by atoms with Gasteiger partial charge in [0.15, 0.2) is 5.13 Å². The minimum atomic E-state index is -0.431. The summed E-state index contributed by atoms with van der Waals surface area (Å²) in [5.74, 6) is 0.384. The van der Waals surface area contributed by atoms with Crippen LogP contribution in [0.1, 0.15) is 27.0 Å². The molecule has 1 amide bonds. The second-order valence-corrected chi connectivity index (χ2v) is 12.5. The normalized spacial score (nSPS) is 11.0. The number of carbonyl (C=O) groups is 1. The molecule has 4 aromatic carbocycles. The highest BCUT2D eigenvalue weighted by atomic mass is 127. The van der Waals surface area contributed by atoms with Crippen LogP contribution in [-0.4, -0.2) is 22.0 Å². The summed E-state index contributed by atoms with van der Waals surface area (Å²) in [7, 11) is 0. The van der Waals surface area contributed by atoms with Crippen LogP contribution in [-0.2, 0) is 6.61 Å². The van der Waals surface area contributed by atoms with E-state index < -0.39 is 4.92 Å². The third-order valence-corrected chi connectivity index (χ3v) is 8.54. The largest absolute Gasteiger partial charge is 0.487 e. The van der Waals surface area contributed by atoms with Crippen molar-refractivity contribution in [2.75, 3.05) is 5.32 Å². The van der Waals surface area contributed by atoms with Crippen LogP contribution in [0.2, 0.25) is 0 Å². The summed E-state index contributed by atoms with van der Waals surface area (Å²) in [6, 6.07) is 25.4. The van der Waals surface area contributed by atoms with E-state index in [4.69, 9.17) is 4.74 Å². The molecule has 216 valence electrons. The van der Waals surface area contributed by atoms with Crippen LogP contribution in [0.4, 0.5) is 16.5 Å². The van der Waals surface area contributed by atoms with Gasteiger partial charge in [-0.05, 0) is 112 Å². The number of nitrogens with zero attached hydrogens (tertiary/aromatic N) is 3. The number of aromatic nitrogens is 1. The van der Waals surface area contributed by atoms with E-state index in [9.17, 15) is 14.9 Å². The number of hydrogen-bond donors (Lipinski definition) is 2. The Bertz CT molecular complexity index is 1770. The first-order chi connectivity index (χ1) is 20.7. The Morgan fingerprint density at radius 1 is 1.02 bits per heavy atom. The summed E-state index contributed by atoms with van der Waals surface area (Å²) < 4.78 is 7.72. The molecule has 0 fully saturated rings. The van der Waals surface area contributed by atoms with E-state index in [0.717, 1.165) is 40.3 Å². The van der Waals surface area contributed by atoms with Crippen molar-refractivity contribution >= 4 is 85.1 Å². The van der Waals surface area contributed by atoms with Gasteiger partial charge in [-0.2, -0.15) is 5.10 Å². The molecule has 0 saturated heterocycles. The van der Waals surface area contributed by atoms with Crippen LogP contribution in [0, 0.1) is 24.2 Å². The number of nitro groups is 1. The molecule has 0 aliphatic heterocycles. The van der Waals surface area contributed by atoms with E-state index in [-0.39, 0.29) is 18.2 Å². The van der Waals surface area contributed by atoms with Crippen molar-refractivity contribution in [3.05, 3.63) is 130 Å². The fraction of sp³-hybridized carbons (Fsp3) is 0.0645. The van der Waals surface area contributed by atoms with E-state index >= 15 is 0 Å². The maximum absolute atomic E-state index is 12.7. The van der Waals surface area contributed by atoms with Gasteiger partial charge in [-0.1, -0.05) is 29.8 Å². The maximum atomic E-state index is 12.7. The van der Waals surface area contributed by atoms with Crippen LogP contribution in [0.5, 0.6) is 5.75 Å². The Labute approximate surface area is 278 Å². The molecule has 9 nitrogen and oxygen atoms in total. The molecular weight excluding hydrogens is 792 g/mol. The molecule has 5 aromatic rings. The van der Waals surface area contributed by atoms with Crippen LogP contribution >= 0.6 is 56.5 Å². The number of nitro benzene ring substituents is 1. The van der Waals surface area contributed by atoms with Gasteiger partial charge in [0, 0.05) is 34.3 Å². The molecule has 0 atom stereocenters. The molecule has 0 saturated carbocycles. The molecule has 12 heteroatoms. The standard InChI is InChI=1S/C31H23I2N5O4S/c1-19-2-10-24(11-3-19)35-31-36-28(18-43-31)22-6-8-23(9-7-22)30(39)37-34-16-21-14-26(32)29(27(33)15-21)42-17-20-4-12-25(13-5-20)38(40)41/h2-16,18H,17H2,1H3,(H,35,36)(H,37,39)/b34-16-. The van der Waals surface area contributed by atoms with E-state index in [1.807, 2.05) is 60.8 Å². The van der Waals surface area contributed by atoms with Crippen molar-refractivity contribution in [2.24, 2.45) is 5.10 Å². The molecule has 5 rings (SSSR count). The summed E-state index contributed by atoms with van der Waals surface area (Å²) >= 11 is 5.88. The van der Waals surface area contributed by atoms with Crippen molar-refractivity contribution in [3.63, 3.8) is 0 Å². The Kier molecular flexibility index (Phi) is 9.99. The first-order valence-electron chi connectivity index (χ1n) is 12.8. The summed E-state index contributed by atoms with van der Waals surface area (Å²) in [4.78, 5) is 27.7. The number of benzene rings is 4. The molecule has 0 bridgehead atoms. The van der Waals surface area contributed by atoms with E-state index in [2.05, 4.69) is 66.0 Å². The van der Waals surface area contributed by atoms with E-state index in [0.29, 0.717) is 11.3 Å². The predicted octanol–water partition coefficient (Wildman–Crippen LogP) is 8.32. The van der Waals surface area contributed by atoms with Gasteiger partial charge >= 0.3 is 0 Å². The maximum Gasteiger partial charge on any atom is 0.271 e. The lowest BCUT2D eigenvalue weighted by Crippen LogP contribution is -2.17. The molecule has 0 aliphatic carbocycles. The van der Waals surface area contributed by atoms with Gasteiger partial charge < -0.3 is 10.1 Å². The van der Waals surface area contributed by atoms with Crippen LogP contribution in [0.15, 0.2) is 95.4 Å². The highest BCUT2D eigenvalue weighted by Gasteiger charge is 2.11. The van der Waals surface area contributed by atoms with Gasteiger partial charge in [0.25, 0.3) is 11.6 Å². The molecule has 0 radical (unpaired) electrons. The molecule has 0 unspecified atom stereocenters. The molecule has 2 N–H and O–H groups in total. The number of carbonyl (C=O) groups excluding carboxylic acids is 1. The number of ether oxygens (including phenoxy) is 1. The van der Waals surface area contributed by atoms with Crippen molar-refractivity contribution < 1.29 is 14.5 Å². The molecule has 0 spiro atoms. The van der Waals surface area contributed by atoms with Gasteiger partial charge in [-0.3, -0.25) is 14.9 Å². The zero-order chi connectivity index (χ0) is 30.3. The summed E-state index contributed by atoms with van der Waals surface area (Å²) in [6.45, 7) is 2.33. The molecule has 1 aromatic heterocycles. The average Bonchev–Trinajstić information content (AvgIpc) is 3.46. The van der Waals surface area contributed by atoms with Gasteiger partial charge in [0.05, 0.1) is 24.0 Å². The SMILES string of the molecule is Cc1ccc(Nc2nc(-c3ccc(C(=O)N/N=C\c4cc(I)c(OCc5ccc([N+](=O)[O-])cc5)c(I)c4)cc3)cs2)cc1. The summed E-state index contributed by atoms with van der Waals surface area (Å²) in [6.07, 6.45) is 1.58. The number of nitrogens with one attached hydrogen (secondary N) is 2. The summed E-state index contributed by atoms with van der Waals surface area (Å²) in [5.41, 5.74) is 8.63. The topological polar surface area (TPSA) is 119 Å². The Morgan fingerprint density at radius 3 is 2.35 bits per heavy atom. The Balaban J connectivity index is 1.15. The highest BCUT2D eigenvalue weighted by Crippen LogP contribution is 2.30. The number of amides is 1. The van der Waals surface area contributed by atoms with Crippen LogP contribution < -0.4 is 15.5 Å². The van der Waals surface area contributed by atoms with Crippen molar-refractivity contribution in [1.82, 2.24) is 10.4 Å². The Hall–Kier alpha value is -3.89. The van der Waals surface area contributed by atoms with E-state index in [1.54, 1.807) is 30.5 Å². The molecular formula is C31H23I2N5O4S. The lowest BCUT2D eigenvalue weighted by molar-refractivity contribution is -0.384. The number of aryl methyl sites for hydroxylation is 1. The third kappa shape index (κ3) is 8.14. The minimum Gasteiger partial charge on any atom is -0.487 e. The highest BCUT2D eigenvalue weighted by molar-refractivity contribution is 14.1. The van der Waals surface area contributed by atoms with Crippen LogP contribution in [0.25, 0.3) is 11.3 Å². The lowest BCUT2D eigenvalue weighted by atomic mass is 10.1. The van der Waals surface area contributed by atoms with Crippen LogP contribution in [0.3, 0.4) is 0 Å². The quantitative estimate of drug-likeness (QED) is 0.0634. The zero-order valence-electron chi connectivity index (χ0n) is 22.6. The zero-order valence-corrected chi connectivity index (χ0v) is 27.7. The molecule has 1 heterocycles. The van der Waals surface area contributed by atoms with Gasteiger partial charge in [0.2, 0.25) is 0 Å². The smallest absolute Gasteiger partial charge is 0.271 e. The first kappa shape index (κ1) is 30.6. The van der Waals surface area contributed by atoms with Crippen molar-refractivity contribution in [1.29, 1.82) is 0 Å². The fourth-order valence-electron chi connectivity index (χ4n) is 3.91. The lowest BCUT2D eigenvalue weighted by Gasteiger charge is -2.11. The van der Waals surface area contributed by atoms with Crippen molar-refractivity contribution in [2.45, 2.75) is 13.5 Å². The second kappa shape index (κ2) is 14.1. The Morgan fingerprint density at radius 2 is 1.70 bits per heavy atom. The minimum absolute atomic E-state index is 0.0392. The number of rotatable bonds is 10. The number of halogens is 2. The summed E-state index contributed by atoms with van der Waals surface area (Å²) in [5, 5.41) is 21.1. The third-order valence-electron chi connectivity index (χ3n) is 6.18. The number of non-ortho nitro benzene ring substituents is 1. The number of hydrogen-bond acceptors (Lipinski definition) is 8. The second-order valence-electron chi connectivity index (χ2n) is 9.33. The number of hydrazone groups is 1. The average molecular weight is 815 g/mol. The molecule has 0 aliphatic rings. The number of anilines is 2. The van der Waals surface area contributed by atoms with Gasteiger partial charge in [-0.25, -0.2) is 10.4 Å². The monoisotopic (exact) mass is 815 g/mol. The fourth-order valence-corrected chi connectivity index (χ4v) is 6.78. The van der Waals surface area contributed by atoms with E-state index in [1.165, 1.54) is 29.0 Å².